The van der Waals surface area contributed by atoms with Crippen LogP contribution in [-0.2, 0) is 31.9 Å². The predicted octanol–water partition coefficient (Wildman–Crippen LogP) is 2.37. The molecule has 0 spiro atoms. The maximum atomic E-state index is 12.1. The summed E-state index contributed by atoms with van der Waals surface area (Å²) in [6, 6.07) is 1.91. The van der Waals surface area contributed by atoms with Gasteiger partial charge in [0, 0.05) is 4.88 Å². The number of thioether (sulfide) groups is 1. The lowest BCUT2D eigenvalue weighted by Crippen LogP contribution is -2.29. The first-order valence-corrected chi connectivity index (χ1v) is 9.99. The molecule has 1 aliphatic heterocycles. The van der Waals surface area contributed by atoms with Crippen LogP contribution in [0.25, 0.3) is 0 Å². The minimum Gasteiger partial charge on any atom is -0.463 e. The molecule has 0 saturated carbocycles. The van der Waals surface area contributed by atoms with Gasteiger partial charge >= 0.3 is 11.9 Å². The Labute approximate surface area is 154 Å². The zero-order valence-corrected chi connectivity index (χ0v) is 15.5. The molecular weight excluding hydrogens is 362 g/mol. The second-order valence-corrected chi connectivity index (χ2v) is 7.75. The number of rotatable bonds is 6. The summed E-state index contributed by atoms with van der Waals surface area (Å²) < 4.78 is 10.2. The molecule has 0 atom stereocenters. The summed E-state index contributed by atoms with van der Waals surface area (Å²) in [5, 5.41) is 0.537. The molecule has 1 amide bonds. The van der Waals surface area contributed by atoms with Crippen molar-refractivity contribution in [3.8, 4) is 0 Å². The second-order valence-electron chi connectivity index (χ2n) is 5.62. The Morgan fingerprint density at radius 3 is 2.92 bits per heavy atom. The Hall–Kier alpha value is -1.80. The summed E-state index contributed by atoms with van der Waals surface area (Å²) in [5.74, 6) is -0.660. The fourth-order valence-corrected chi connectivity index (χ4v) is 4.89. The molecule has 0 N–H and O–H groups in total. The van der Waals surface area contributed by atoms with Crippen molar-refractivity contribution >= 4 is 40.9 Å². The van der Waals surface area contributed by atoms with Crippen molar-refractivity contribution in [3.05, 3.63) is 32.5 Å². The number of aryl methyl sites for hydroxylation is 2. The summed E-state index contributed by atoms with van der Waals surface area (Å²) in [7, 11) is 0. The number of carbonyl (C=O) groups excluding carboxylic acids is 3. The molecule has 6 nitrogen and oxygen atoms in total. The second kappa shape index (κ2) is 8.05. The van der Waals surface area contributed by atoms with Crippen LogP contribution in [0.2, 0.25) is 0 Å². The molecule has 0 radical (unpaired) electrons. The van der Waals surface area contributed by atoms with E-state index in [-0.39, 0.29) is 37.4 Å². The molecule has 134 valence electrons. The monoisotopic (exact) mass is 381 g/mol. The Morgan fingerprint density at radius 2 is 2.16 bits per heavy atom. The zero-order valence-electron chi connectivity index (χ0n) is 13.9. The minimum absolute atomic E-state index is 0.0911. The molecule has 1 aromatic heterocycles. The normalized spacial score (nSPS) is 17.9. The van der Waals surface area contributed by atoms with Gasteiger partial charge in [-0.25, -0.2) is 9.59 Å². The first kappa shape index (κ1) is 18.0. The molecule has 1 aliphatic carbocycles. The first-order chi connectivity index (χ1) is 12.1. The highest BCUT2D eigenvalue weighted by Crippen LogP contribution is 2.31. The quantitative estimate of drug-likeness (QED) is 0.556. The lowest BCUT2D eigenvalue weighted by molar-refractivity contribution is -0.137. The topological polar surface area (TPSA) is 72.9 Å². The van der Waals surface area contributed by atoms with E-state index in [4.69, 9.17) is 9.47 Å². The molecule has 2 aliphatic rings. The molecule has 8 heteroatoms. The number of esters is 2. The van der Waals surface area contributed by atoms with Crippen molar-refractivity contribution in [3.63, 3.8) is 0 Å². The van der Waals surface area contributed by atoms with Crippen molar-refractivity contribution in [2.75, 3.05) is 25.5 Å². The first-order valence-electron chi connectivity index (χ1n) is 8.18. The Kier molecular flexibility index (Phi) is 5.80. The summed E-state index contributed by atoms with van der Waals surface area (Å²) in [4.78, 5) is 39.0. The Morgan fingerprint density at radius 1 is 1.32 bits per heavy atom. The van der Waals surface area contributed by atoms with Gasteiger partial charge in [-0.05, 0) is 37.8 Å². The molecule has 3 rings (SSSR count). The third-order valence-electron chi connectivity index (χ3n) is 3.93. The summed E-state index contributed by atoms with van der Waals surface area (Å²) in [6.07, 6.45) is 4.53. The van der Waals surface area contributed by atoms with Crippen LogP contribution in [0, 0.1) is 0 Å². The van der Waals surface area contributed by atoms with Gasteiger partial charge in [0.1, 0.15) is 11.5 Å². The fraction of sp³-hybridized carbons (Fsp3) is 0.471. The number of hydrogen-bond acceptors (Lipinski definition) is 7. The van der Waals surface area contributed by atoms with Crippen LogP contribution in [-0.4, -0.2) is 48.3 Å². The van der Waals surface area contributed by atoms with Crippen LogP contribution in [0.3, 0.4) is 0 Å². The Balaban J connectivity index is 1.53. The highest BCUT2D eigenvalue weighted by molar-refractivity contribution is 8.04. The molecule has 1 aromatic rings. The summed E-state index contributed by atoms with van der Waals surface area (Å²) >= 11 is 2.78. The lowest BCUT2D eigenvalue weighted by atomic mass is 10.2. The number of amides is 1. The largest absolute Gasteiger partial charge is 0.463 e. The summed E-state index contributed by atoms with van der Waals surface area (Å²) in [5.41, 5.74) is 1.25. The van der Waals surface area contributed by atoms with E-state index < -0.39 is 5.97 Å². The van der Waals surface area contributed by atoms with Gasteiger partial charge in [0.2, 0.25) is 5.91 Å². The van der Waals surface area contributed by atoms with Crippen molar-refractivity contribution in [2.24, 2.45) is 0 Å². The smallest absolute Gasteiger partial charge is 0.348 e. The molecule has 0 bridgehead atoms. The zero-order chi connectivity index (χ0) is 17.8. The maximum Gasteiger partial charge on any atom is 0.348 e. The molecule has 0 aromatic carbocycles. The van der Waals surface area contributed by atoms with E-state index in [9.17, 15) is 14.4 Å². The Bertz CT molecular complexity index is 703. The van der Waals surface area contributed by atoms with Crippen LogP contribution in [0.15, 0.2) is 17.2 Å². The van der Waals surface area contributed by atoms with E-state index in [0.29, 0.717) is 9.91 Å². The lowest BCUT2D eigenvalue weighted by Gasteiger charge is -2.16. The van der Waals surface area contributed by atoms with Crippen LogP contribution < -0.4 is 0 Å². The number of nitrogens with zero attached hydrogens (tertiary/aromatic N) is 1. The van der Waals surface area contributed by atoms with E-state index in [1.807, 2.05) is 6.07 Å². The molecule has 1 saturated heterocycles. The van der Waals surface area contributed by atoms with E-state index >= 15 is 0 Å². The number of thiophene rings is 1. The van der Waals surface area contributed by atoms with Crippen LogP contribution >= 0.6 is 23.1 Å². The SMILES string of the molecule is CCOC(=O)/C=C1\SCC(=O)N1CCOC(=O)c1cc2c(s1)CCC2. The standard InChI is InChI=1S/C17H19NO5S2/c1-2-22-16(20)9-15-18(14(19)10-24-15)6-7-23-17(21)13-8-11-4-3-5-12(11)25-13/h8-9H,2-7,10H2,1H3/b15-9-. The predicted molar refractivity (Wildman–Crippen MR) is 95.5 cm³/mol. The molecule has 1 fully saturated rings. The van der Waals surface area contributed by atoms with Gasteiger partial charge in [0.25, 0.3) is 0 Å². The van der Waals surface area contributed by atoms with Crippen molar-refractivity contribution in [1.29, 1.82) is 0 Å². The van der Waals surface area contributed by atoms with Gasteiger partial charge < -0.3 is 14.4 Å². The van der Waals surface area contributed by atoms with Gasteiger partial charge in [0.15, 0.2) is 0 Å². The molecule has 0 unspecified atom stereocenters. The molecular formula is C17H19NO5S2. The third kappa shape index (κ3) is 4.24. The van der Waals surface area contributed by atoms with Crippen LogP contribution in [0.4, 0.5) is 0 Å². The highest BCUT2D eigenvalue weighted by atomic mass is 32.2. The van der Waals surface area contributed by atoms with E-state index in [1.54, 1.807) is 6.92 Å². The average molecular weight is 381 g/mol. The van der Waals surface area contributed by atoms with E-state index in [0.717, 1.165) is 19.3 Å². The van der Waals surface area contributed by atoms with E-state index in [2.05, 4.69) is 0 Å². The number of fused-ring (bicyclic) bond motifs is 1. The molecule has 25 heavy (non-hydrogen) atoms. The third-order valence-corrected chi connectivity index (χ3v) is 6.18. The van der Waals surface area contributed by atoms with Crippen LogP contribution in [0.1, 0.15) is 33.5 Å². The van der Waals surface area contributed by atoms with Gasteiger partial charge in [-0.15, -0.1) is 11.3 Å². The molecule has 2 heterocycles. The number of carbonyl (C=O) groups is 3. The highest BCUT2D eigenvalue weighted by Gasteiger charge is 2.28. The van der Waals surface area contributed by atoms with Crippen molar-refractivity contribution in [1.82, 2.24) is 4.90 Å². The average Bonchev–Trinajstić information content (AvgIpc) is 3.24. The van der Waals surface area contributed by atoms with Crippen molar-refractivity contribution in [2.45, 2.75) is 26.2 Å². The van der Waals surface area contributed by atoms with Gasteiger partial charge in [-0.3, -0.25) is 4.79 Å². The number of hydrogen-bond donors (Lipinski definition) is 0. The fourth-order valence-electron chi connectivity index (χ4n) is 2.78. The van der Waals surface area contributed by atoms with Gasteiger partial charge in [-0.1, -0.05) is 11.8 Å². The van der Waals surface area contributed by atoms with Crippen molar-refractivity contribution < 1.29 is 23.9 Å². The van der Waals surface area contributed by atoms with Gasteiger partial charge in [0.05, 0.1) is 30.0 Å². The number of ether oxygens (including phenoxy) is 2. The van der Waals surface area contributed by atoms with Crippen LogP contribution in [0.5, 0.6) is 0 Å². The minimum atomic E-state index is -0.477. The van der Waals surface area contributed by atoms with E-state index in [1.165, 1.54) is 44.5 Å². The summed E-state index contributed by atoms with van der Waals surface area (Å²) in [6.45, 7) is 2.33. The van der Waals surface area contributed by atoms with Gasteiger partial charge in [-0.2, -0.15) is 0 Å². The maximum absolute atomic E-state index is 12.1.